The minimum absolute atomic E-state index is 0.0950. The van der Waals surface area contributed by atoms with Crippen LogP contribution >= 0.6 is 11.6 Å². The second-order valence-corrected chi connectivity index (χ2v) is 5.23. The van der Waals surface area contributed by atoms with E-state index in [1.165, 1.54) is 20.3 Å². The maximum Gasteiger partial charge on any atom is 0.347 e. The highest BCUT2D eigenvalue weighted by Gasteiger charge is 2.18. The van der Waals surface area contributed by atoms with Crippen molar-refractivity contribution in [3.8, 4) is 17.2 Å². The Kier molecular flexibility index (Phi) is 3.37. The molecule has 2 aromatic carbocycles. The molecule has 3 aromatic rings. The van der Waals surface area contributed by atoms with Crippen molar-refractivity contribution in [1.29, 1.82) is 0 Å². The summed E-state index contributed by atoms with van der Waals surface area (Å²) in [5, 5.41) is 11.8. The van der Waals surface area contributed by atoms with Crippen LogP contribution in [0, 0.1) is 6.92 Å². The fourth-order valence-corrected chi connectivity index (χ4v) is 2.81. The average Bonchev–Trinajstić information content (AvgIpc) is 2.49. The number of methoxy groups -OCH3 is 2. The van der Waals surface area contributed by atoms with E-state index in [9.17, 15) is 9.90 Å². The molecule has 1 N–H and O–H groups in total. The number of aryl methyl sites for hydroxylation is 1. The van der Waals surface area contributed by atoms with Crippen LogP contribution in [0.4, 0.5) is 0 Å². The largest absolute Gasteiger partial charge is 0.507 e. The molecule has 1 heterocycles. The summed E-state index contributed by atoms with van der Waals surface area (Å²) in [5.74, 6) is 0.654. The number of benzene rings is 2. The Balaban J connectivity index is 2.62. The third-order valence-electron chi connectivity index (χ3n) is 3.65. The molecule has 22 heavy (non-hydrogen) atoms. The normalized spacial score (nSPS) is 11.1. The molecule has 0 atom stereocenters. The molecular formula is C16H13ClO5. The van der Waals surface area contributed by atoms with E-state index in [4.69, 9.17) is 25.5 Å². The molecule has 0 fully saturated rings. The van der Waals surface area contributed by atoms with Crippen molar-refractivity contribution in [2.24, 2.45) is 0 Å². The molecule has 0 bridgehead atoms. The predicted molar refractivity (Wildman–Crippen MR) is 84.5 cm³/mol. The van der Waals surface area contributed by atoms with Gasteiger partial charge in [-0.15, -0.1) is 0 Å². The Labute approximate surface area is 130 Å². The molecule has 0 spiro atoms. The van der Waals surface area contributed by atoms with Crippen LogP contribution in [0.1, 0.15) is 5.56 Å². The summed E-state index contributed by atoms with van der Waals surface area (Å²) in [6, 6.07) is 4.59. The molecule has 114 valence electrons. The first-order chi connectivity index (χ1) is 10.5. The van der Waals surface area contributed by atoms with Crippen molar-refractivity contribution in [2.45, 2.75) is 6.92 Å². The summed E-state index contributed by atoms with van der Waals surface area (Å²) in [6.45, 7) is 1.79. The van der Waals surface area contributed by atoms with Crippen LogP contribution in [-0.2, 0) is 0 Å². The van der Waals surface area contributed by atoms with Crippen LogP contribution in [0.25, 0.3) is 21.7 Å². The summed E-state index contributed by atoms with van der Waals surface area (Å²) in [4.78, 5) is 12.2. The number of phenols is 1. The van der Waals surface area contributed by atoms with E-state index < -0.39 is 5.63 Å². The van der Waals surface area contributed by atoms with Crippen molar-refractivity contribution < 1.29 is 19.0 Å². The highest BCUT2D eigenvalue weighted by atomic mass is 35.5. The lowest BCUT2D eigenvalue weighted by Crippen LogP contribution is -2.02. The Morgan fingerprint density at radius 1 is 1.14 bits per heavy atom. The van der Waals surface area contributed by atoms with Gasteiger partial charge < -0.3 is 19.0 Å². The molecule has 0 saturated heterocycles. The van der Waals surface area contributed by atoms with E-state index in [-0.39, 0.29) is 11.1 Å². The van der Waals surface area contributed by atoms with Gasteiger partial charge >= 0.3 is 5.63 Å². The van der Waals surface area contributed by atoms with Crippen molar-refractivity contribution in [3.05, 3.63) is 39.2 Å². The number of hydrogen-bond donors (Lipinski definition) is 1. The van der Waals surface area contributed by atoms with Gasteiger partial charge in [-0.25, -0.2) is 4.79 Å². The highest BCUT2D eigenvalue weighted by Crippen LogP contribution is 2.39. The topological polar surface area (TPSA) is 68.9 Å². The SMILES string of the molecule is COc1cc(O)c2c(=O)oc3cc(OC)c(Cl)c(C)c3c2c1. The fraction of sp³-hybridized carbons (Fsp3) is 0.188. The number of aromatic hydroxyl groups is 1. The monoisotopic (exact) mass is 320 g/mol. The minimum atomic E-state index is -0.633. The Morgan fingerprint density at radius 2 is 1.86 bits per heavy atom. The van der Waals surface area contributed by atoms with Gasteiger partial charge in [-0.3, -0.25) is 0 Å². The Bertz CT molecular complexity index is 959. The molecule has 0 radical (unpaired) electrons. The summed E-state index contributed by atoms with van der Waals surface area (Å²) < 4.78 is 15.7. The van der Waals surface area contributed by atoms with Crippen molar-refractivity contribution >= 4 is 33.3 Å². The predicted octanol–water partition coefficient (Wildman–Crippen LogP) is 3.63. The van der Waals surface area contributed by atoms with Crippen molar-refractivity contribution in [1.82, 2.24) is 0 Å². The molecule has 0 aliphatic heterocycles. The average molecular weight is 321 g/mol. The van der Waals surface area contributed by atoms with Crippen LogP contribution in [0.15, 0.2) is 27.4 Å². The van der Waals surface area contributed by atoms with Crippen LogP contribution in [0.2, 0.25) is 5.02 Å². The van der Waals surface area contributed by atoms with Gasteiger partial charge in [0.15, 0.2) is 0 Å². The molecule has 1 aromatic heterocycles. The zero-order valence-electron chi connectivity index (χ0n) is 12.2. The van der Waals surface area contributed by atoms with Gasteiger partial charge in [0.05, 0.1) is 19.2 Å². The van der Waals surface area contributed by atoms with Crippen LogP contribution in [0.3, 0.4) is 0 Å². The molecule has 0 aliphatic rings. The fourth-order valence-electron chi connectivity index (χ4n) is 2.58. The molecule has 5 nitrogen and oxygen atoms in total. The maximum atomic E-state index is 12.2. The zero-order chi connectivity index (χ0) is 16.0. The first-order valence-electron chi connectivity index (χ1n) is 6.48. The van der Waals surface area contributed by atoms with Gasteiger partial charge in [0.25, 0.3) is 0 Å². The van der Waals surface area contributed by atoms with Gasteiger partial charge in [-0.1, -0.05) is 11.6 Å². The van der Waals surface area contributed by atoms with Gasteiger partial charge in [0, 0.05) is 22.9 Å². The summed E-state index contributed by atoms with van der Waals surface area (Å²) in [6.07, 6.45) is 0. The number of phenolic OH excluding ortho intramolecular Hbond substituents is 1. The molecule has 0 aliphatic carbocycles. The van der Waals surface area contributed by atoms with Crippen molar-refractivity contribution in [3.63, 3.8) is 0 Å². The summed E-state index contributed by atoms with van der Waals surface area (Å²) in [7, 11) is 2.97. The molecule has 0 saturated carbocycles. The van der Waals surface area contributed by atoms with Gasteiger partial charge in [0.1, 0.15) is 28.2 Å². The quantitative estimate of drug-likeness (QED) is 0.577. The van der Waals surface area contributed by atoms with Gasteiger partial charge in [0.2, 0.25) is 0 Å². The number of halogens is 1. The lowest BCUT2D eigenvalue weighted by molar-refractivity contribution is 0.409. The number of rotatable bonds is 2. The summed E-state index contributed by atoms with van der Waals surface area (Å²) in [5.41, 5.74) is 0.396. The van der Waals surface area contributed by atoms with E-state index in [2.05, 4.69) is 0 Å². The first-order valence-corrected chi connectivity index (χ1v) is 6.86. The van der Waals surface area contributed by atoms with E-state index in [1.807, 2.05) is 0 Å². The van der Waals surface area contributed by atoms with E-state index in [0.29, 0.717) is 38.4 Å². The molecule has 3 rings (SSSR count). The minimum Gasteiger partial charge on any atom is -0.507 e. The second kappa shape index (κ2) is 5.10. The van der Waals surface area contributed by atoms with E-state index in [0.717, 1.165) is 0 Å². The first kappa shape index (κ1) is 14.5. The van der Waals surface area contributed by atoms with Crippen LogP contribution in [0.5, 0.6) is 17.2 Å². The molecule has 0 unspecified atom stereocenters. The standard InChI is InChI=1S/C16H13ClO5/c1-7-13-9-4-8(20-2)5-10(18)14(9)16(19)22-11(13)6-12(21-3)15(7)17/h4-6,18H,1-3H3. The van der Waals surface area contributed by atoms with Gasteiger partial charge in [-0.2, -0.15) is 0 Å². The molecule has 6 heteroatoms. The van der Waals surface area contributed by atoms with E-state index in [1.54, 1.807) is 19.1 Å². The third kappa shape index (κ3) is 1.97. The van der Waals surface area contributed by atoms with Crippen LogP contribution in [-0.4, -0.2) is 19.3 Å². The van der Waals surface area contributed by atoms with Crippen molar-refractivity contribution in [2.75, 3.05) is 14.2 Å². The maximum absolute atomic E-state index is 12.2. The Hall–Kier alpha value is -2.40. The third-order valence-corrected chi connectivity index (χ3v) is 4.12. The second-order valence-electron chi connectivity index (χ2n) is 4.85. The highest BCUT2D eigenvalue weighted by molar-refractivity contribution is 6.34. The smallest absolute Gasteiger partial charge is 0.347 e. The summed E-state index contributed by atoms with van der Waals surface area (Å²) >= 11 is 6.29. The van der Waals surface area contributed by atoms with Crippen LogP contribution < -0.4 is 15.1 Å². The lowest BCUT2D eigenvalue weighted by Gasteiger charge is -2.12. The zero-order valence-corrected chi connectivity index (χ0v) is 12.9. The number of fused-ring (bicyclic) bond motifs is 3. The number of hydrogen-bond acceptors (Lipinski definition) is 5. The van der Waals surface area contributed by atoms with E-state index >= 15 is 0 Å². The lowest BCUT2D eigenvalue weighted by atomic mass is 10.0. The van der Waals surface area contributed by atoms with Gasteiger partial charge in [-0.05, 0) is 18.6 Å². The molecule has 0 amide bonds. The Morgan fingerprint density at radius 3 is 2.50 bits per heavy atom. The number of ether oxygens (including phenoxy) is 2. The molecular weight excluding hydrogens is 308 g/mol.